The lowest BCUT2D eigenvalue weighted by Crippen LogP contribution is -2.35. The Morgan fingerprint density at radius 3 is 2.74 bits per heavy atom. The molecule has 3 nitrogen and oxygen atoms in total. The van der Waals surface area contributed by atoms with Crippen molar-refractivity contribution in [2.45, 2.75) is 33.0 Å². The van der Waals surface area contributed by atoms with E-state index in [9.17, 15) is 0 Å². The van der Waals surface area contributed by atoms with Crippen LogP contribution in [0.15, 0.2) is 30.0 Å². The van der Waals surface area contributed by atoms with Gasteiger partial charge in [0, 0.05) is 17.6 Å². The number of hydrogen-bond donors (Lipinski definition) is 0. The van der Waals surface area contributed by atoms with Crippen LogP contribution in [0, 0.1) is 0 Å². The smallest absolute Gasteiger partial charge is 0.533 e. The maximum atomic E-state index is 6.24. The van der Waals surface area contributed by atoms with Crippen LogP contribution in [0.1, 0.15) is 26.3 Å². The van der Waals surface area contributed by atoms with Crippen molar-refractivity contribution in [3.8, 4) is 0 Å². The van der Waals surface area contributed by atoms with E-state index in [0.29, 0.717) is 11.6 Å². The molecular weight excluding hydrogens is 262 g/mol. The van der Waals surface area contributed by atoms with Crippen LogP contribution in [0.4, 0.5) is 0 Å². The van der Waals surface area contributed by atoms with Gasteiger partial charge in [-0.3, -0.25) is 0 Å². The summed E-state index contributed by atoms with van der Waals surface area (Å²) in [7, 11) is 1.20. The molecule has 5 heteroatoms. The van der Waals surface area contributed by atoms with Crippen LogP contribution < -0.4 is 5.46 Å². The van der Waals surface area contributed by atoms with E-state index in [1.54, 1.807) is 7.11 Å². The first-order valence-electron chi connectivity index (χ1n) is 6.26. The number of methoxy groups -OCH3 is 1. The van der Waals surface area contributed by atoms with E-state index in [0.717, 1.165) is 16.8 Å². The summed E-state index contributed by atoms with van der Waals surface area (Å²) in [6.07, 6.45) is 1.92. The average Bonchev–Trinajstić information content (AvgIpc) is 2.67. The predicted octanol–water partition coefficient (Wildman–Crippen LogP) is 2.91. The fourth-order valence-corrected chi connectivity index (χ4v) is 2.39. The fraction of sp³-hybridized carbons (Fsp3) is 0.429. The topological polar surface area (TPSA) is 27.7 Å². The molecule has 0 saturated carbocycles. The highest BCUT2D eigenvalue weighted by molar-refractivity contribution is 6.65. The van der Waals surface area contributed by atoms with E-state index in [4.69, 9.17) is 25.6 Å². The fourth-order valence-electron chi connectivity index (χ4n) is 2.18. The lowest BCUT2D eigenvalue weighted by atomic mass is 9.78. The molecule has 1 saturated heterocycles. The molecule has 0 bridgehead atoms. The Balaban J connectivity index is 2.30. The van der Waals surface area contributed by atoms with Gasteiger partial charge in [0.25, 0.3) is 0 Å². The van der Waals surface area contributed by atoms with Gasteiger partial charge in [0.2, 0.25) is 0 Å². The monoisotopic (exact) mass is 280 g/mol. The normalized spacial score (nSPS) is 19.8. The van der Waals surface area contributed by atoms with E-state index in [-0.39, 0.29) is 0 Å². The summed E-state index contributed by atoms with van der Waals surface area (Å²) < 4.78 is 16.9. The molecule has 0 atom stereocenters. The molecule has 1 aromatic carbocycles. The van der Waals surface area contributed by atoms with Gasteiger partial charge in [-0.25, -0.2) is 0 Å². The molecule has 0 N–H and O–H groups in total. The molecule has 102 valence electrons. The lowest BCUT2D eigenvalue weighted by Gasteiger charge is -2.16. The maximum absolute atomic E-state index is 6.24. The zero-order valence-electron chi connectivity index (χ0n) is 11.7. The SMILES string of the molecule is C/C=C1\OB(c2cc(COC)ccc2Cl)OC1(C)C. The number of benzene rings is 1. The third kappa shape index (κ3) is 2.97. The van der Waals surface area contributed by atoms with E-state index in [1.807, 2.05) is 45.0 Å². The van der Waals surface area contributed by atoms with Gasteiger partial charge in [-0.2, -0.15) is 0 Å². The summed E-state index contributed by atoms with van der Waals surface area (Å²) in [5.41, 5.74) is 1.45. The highest BCUT2D eigenvalue weighted by Crippen LogP contribution is 2.31. The molecule has 0 aliphatic carbocycles. The van der Waals surface area contributed by atoms with Crippen LogP contribution >= 0.6 is 11.6 Å². The first-order valence-corrected chi connectivity index (χ1v) is 6.64. The van der Waals surface area contributed by atoms with Gasteiger partial charge in [0.05, 0.1) is 6.61 Å². The summed E-state index contributed by atoms with van der Waals surface area (Å²) >= 11 is 6.24. The molecule has 1 aliphatic rings. The van der Waals surface area contributed by atoms with Gasteiger partial charge in [0.1, 0.15) is 11.4 Å². The van der Waals surface area contributed by atoms with Gasteiger partial charge in [-0.05, 0) is 38.5 Å². The van der Waals surface area contributed by atoms with E-state index < -0.39 is 12.7 Å². The Bertz CT molecular complexity index is 499. The number of rotatable bonds is 3. The highest BCUT2D eigenvalue weighted by atomic mass is 35.5. The molecule has 0 unspecified atom stereocenters. The van der Waals surface area contributed by atoms with E-state index in [1.165, 1.54) is 0 Å². The Morgan fingerprint density at radius 2 is 2.16 bits per heavy atom. The number of halogens is 1. The Labute approximate surface area is 119 Å². The molecule has 1 aromatic rings. The summed E-state index contributed by atoms with van der Waals surface area (Å²) in [5.74, 6) is 0.825. The molecular formula is C14H18BClO3. The van der Waals surface area contributed by atoms with Crippen molar-refractivity contribution in [2.75, 3.05) is 7.11 Å². The van der Waals surface area contributed by atoms with E-state index in [2.05, 4.69) is 0 Å². The summed E-state index contributed by atoms with van der Waals surface area (Å²) in [6.45, 7) is 6.44. The van der Waals surface area contributed by atoms with Gasteiger partial charge >= 0.3 is 7.12 Å². The van der Waals surface area contributed by atoms with Crippen LogP contribution in [-0.2, 0) is 20.7 Å². The number of allylic oxidation sites excluding steroid dienone is 1. The van der Waals surface area contributed by atoms with Crippen LogP contribution in [-0.4, -0.2) is 19.8 Å². The molecule has 0 radical (unpaired) electrons. The summed E-state index contributed by atoms with van der Waals surface area (Å²) in [5, 5.41) is 0.637. The second-order valence-electron chi connectivity index (χ2n) is 5.02. The minimum atomic E-state index is -0.467. The summed E-state index contributed by atoms with van der Waals surface area (Å²) in [4.78, 5) is 0. The molecule has 0 amide bonds. The first-order chi connectivity index (χ1) is 8.97. The third-order valence-corrected chi connectivity index (χ3v) is 3.46. The van der Waals surface area contributed by atoms with Gasteiger partial charge in [-0.1, -0.05) is 23.7 Å². The number of ether oxygens (including phenoxy) is 1. The molecule has 1 heterocycles. The van der Waals surface area contributed by atoms with E-state index >= 15 is 0 Å². The van der Waals surface area contributed by atoms with Crippen molar-refractivity contribution in [3.63, 3.8) is 0 Å². The molecule has 0 spiro atoms. The van der Waals surface area contributed by atoms with Crippen molar-refractivity contribution in [1.29, 1.82) is 0 Å². The second-order valence-corrected chi connectivity index (χ2v) is 5.43. The van der Waals surface area contributed by atoms with Crippen LogP contribution in [0.5, 0.6) is 0 Å². The van der Waals surface area contributed by atoms with Gasteiger partial charge in [0.15, 0.2) is 0 Å². The zero-order valence-corrected chi connectivity index (χ0v) is 12.5. The molecule has 19 heavy (non-hydrogen) atoms. The standard InChI is InChI=1S/C14H18BClO3/c1-5-13-14(2,3)19-15(18-13)11-8-10(9-17-4)6-7-12(11)16/h5-8H,9H2,1-4H3/b13-5-. The lowest BCUT2D eigenvalue weighted by molar-refractivity contribution is 0.172. The van der Waals surface area contributed by atoms with Crippen molar-refractivity contribution >= 4 is 24.2 Å². The van der Waals surface area contributed by atoms with Crippen molar-refractivity contribution in [2.24, 2.45) is 0 Å². The second kappa shape index (κ2) is 5.57. The molecule has 1 aliphatic heterocycles. The van der Waals surface area contributed by atoms with Crippen LogP contribution in [0.25, 0.3) is 0 Å². The molecule has 0 aromatic heterocycles. The maximum Gasteiger partial charge on any atom is 0.564 e. The highest BCUT2D eigenvalue weighted by Gasteiger charge is 2.44. The minimum Gasteiger partial charge on any atom is -0.533 e. The largest absolute Gasteiger partial charge is 0.564 e. The van der Waals surface area contributed by atoms with Crippen molar-refractivity contribution in [1.82, 2.24) is 0 Å². The van der Waals surface area contributed by atoms with Gasteiger partial charge < -0.3 is 14.0 Å². The Kier molecular flexibility index (Phi) is 4.24. The first kappa shape index (κ1) is 14.4. The quantitative estimate of drug-likeness (QED) is 0.797. The van der Waals surface area contributed by atoms with Crippen molar-refractivity contribution < 1.29 is 14.0 Å². The van der Waals surface area contributed by atoms with Crippen LogP contribution in [0.2, 0.25) is 5.02 Å². The van der Waals surface area contributed by atoms with Crippen molar-refractivity contribution in [3.05, 3.63) is 40.6 Å². The summed E-state index contributed by atoms with van der Waals surface area (Å²) in [6, 6.07) is 5.75. The van der Waals surface area contributed by atoms with Gasteiger partial charge in [-0.15, -0.1) is 0 Å². The van der Waals surface area contributed by atoms with Crippen LogP contribution in [0.3, 0.4) is 0 Å². The Morgan fingerprint density at radius 1 is 1.42 bits per heavy atom. The third-order valence-electron chi connectivity index (χ3n) is 3.12. The Hall–Kier alpha value is -0.965. The average molecular weight is 281 g/mol. The minimum absolute atomic E-state index is 0.431. The molecule has 2 rings (SSSR count). The predicted molar refractivity (Wildman–Crippen MR) is 77.6 cm³/mol. The molecule has 1 fully saturated rings. The number of hydrogen-bond acceptors (Lipinski definition) is 3. The zero-order chi connectivity index (χ0) is 14.0.